The van der Waals surface area contributed by atoms with E-state index in [2.05, 4.69) is 73.7 Å². The zero-order valence-electron chi connectivity index (χ0n) is 10.6. The van der Waals surface area contributed by atoms with Crippen molar-refractivity contribution in [2.45, 2.75) is 13.3 Å². The van der Waals surface area contributed by atoms with Crippen molar-refractivity contribution >= 4 is 11.1 Å². The number of allylic oxidation sites excluding steroid dienone is 4. The number of benzene rings is 2. The summed E-state index contributed by atoms with van der Waals surface area (Å²) in [5.74, 6) is 0. The third-order valence-corrected chi connectivity index (χ3v) is 3.40. The van der Waals surface area contributed by atoms with Crippen molar-refractivity contribution in [3.63, 3.8) is 0 Å². The normalized spacial score (nSPS) is 14.3. The number of rotatable bonds is 2. The smallest absolute Gasteiger partial charge is 0.00821 e. The van der Waals surface area contributed by atoms with Crippen LogP contribution in [0.25, 0.3) is 11.1 Å². The maximum Gasteiger partial charge on any atom is -0.00821 e. The Morgan fingerprint density at radius 3 is 2.22 bits per heavy atom. The van der Waals surface area contributed by atoms with E-state index >= 15 is 0 Å². The van der Waals surface area contributed by atoms with E-state index in [4.69, 9.17) is 0 Å². The molecule has 0 spiro atoms. The Labute approximate surface area is 108 Å². The Hall–Kier alpha value is -2.08. The summed E-state index contributed by atoms with van der Waals surface area (Å²) < 4.78 is 0. The van der Waals surface area contributed by atoms with Crippen LogP contribution in [-0.2, 0) is 0 Å². The van der Waals surface area contributed by atoms with Crippen molar-refractivity contribution in [1.29, 1.82) is 0 Å². The van der Waals surface area contributed by atoms with E-state index in [-0.39, 0.29) is 0 Å². The average molecular weight is 232 g/mol. The fourth-order valence-electron chi connectivity index (χ4n) is 2.33. The summed E-state index contributed by atoms with van der Waals surface area (Å²) >= 11 is 0. The van der Waals surface area contributed by atoms with Crippen LogP contribution in [0.3, 0.4) is 0 Å². The third kappa shape index (κ3) is 2.14. The summed E-state index contributed by atoms with van der Waals surface area (Å²) in [6, 6.07) is 19.4. The van der Waals surface area contributed by atoms with Crippen LogP contribution in [0.2, 0.25) is 0 Å². The molecule has 0 heterocycles. The van der Waals surface area contributed by atoms with Crippen LogP contribution < -0.4 is 0 Å². The first-order valence-corrected chi connectivity index (χ1v) is 6.36. The van der Waals surface area contributed by atoms with Crippen LogP contribution in [0.5, 0.6) is 0 Å². The van der Waals surface area contributed by atoms with Crippen molar-refractivity contribution in [3.05, 3.63) is 83.4 Å². The molecule has 0 fully saturated rings. The quantitative estimate of drug-likeness (QED) is 0.693. The first-order valence-electron chi connectivity index (χ1n) is 6.36. The lowest BCUT2D eigenvalue weighted by molar-refractivity contribution is 1.43. The molecule has 0 heteroatoms. The average Bonchev–Trinajstić information content (AvgIpc) is 2.90. The fourth-order valence-corrected chi connectivity index (χ4v) is 2.33. The molecular formula is C18H16. The van der Waals surface area contributed by atoms with Gasteiger partial charge in [0.25, 0.3) is 0 Å². The predicted molar refractivity (Wildman–Crippen MR) is 78.2 cm³/mol. The largest absolute Gasteiger partial charge is 0.0722 e. The van der Waals surface area contributed by atoms with Gasteiger partial charge in [0.15, 0.2) is 0 Å². The molecule has 88 valence electrons. The van der Waals surface area contributed by atoms with Crippen LogP contribution >= 0.6 is 0 Å². The molecule has 0 aliphatic heterocycles. The van der Waals surface area contributed by atoms with Crippen LogP contribution in [-0.4, -0.2) is 0 Å². The van der Waals surface area contributed by atoms with Crippen molar-refractivity contribution < 1.29 is 0 Å². The van der Waals surface area contributed by atoms with E-state index in [1.54, 1.807) is 0 Å². The van der Waals surface area contributed by atoms with Crippen molar-refractivity contribution in [2.24, 2.45) is 0 Å². The second-order valence-corrected chi connectivity index (χ2v) is 4.77. The highest BCUT2D eigenvalue weighted by Crippen LogP contribution is 2.31. The van der Waals surface area contributed by atoms with E-state index < -0.39 is 0 Å². The van der Waals surface area contributed by atoms with Gasteiger partial charge in [-0.1, -0.05) is 72.3 Å². The summed E-state index contributed by atoms with van der Waals surface area (Å²) in [5.41, 5.74) is 6.70. The minimum absolute atomic E-state index is 1.03. The third-order valence-electron chi connectivity index (χ3n) is 3.40. The van der Waals surface area contributed by atoms with Crippen molar-refractivity contribution in [3.8, 4) is 0 Å². The lowest BCUT2D eigenvalue weighted by Gasteiger charge is -2.01. The summed E-state index contributed by atoms with van der Waals surface area (Å²) in [4.78, 5) is 0. The van der Waals surface area contributed by atoms with Gasteiger partial charge in [-0.15, -0.1) is 0 Å². The molecule has 0 saturated heterocycles. The van der Waals surface area contributed by atoms with Crippen molar-refractivity contribution in [1.82, 2.24) is 0 Å². The van der Waals surface area contributed by atoms with E-state index in [0.717, 1.165) is 6.42 Å². The van der Waals surface area contributed by atoms with E-state index in [9.17, 15) is 0 Å². The highest BCUT2D eigenvalue weighted by molar-refractivity contribution is 5.89. The van der Waals surface area contributed by atoms with Gasteiger partial charge in [-0.05, 0) is 35.6 Å². The summed E-state index contributed by atoms with van der Waals surface area (Å²) in [6.07, 6.45) is 5.65. The maximum absolute atomic E-state index is 2.31. The van der Waals surface area contributed by atoms with Gasteiger partial charge in [-0.3, -0.25) is 0 Å². The van der Waals surface area contributed by atoms with Gasteiger partial charge < -0.3 is 0 Å². The van der Waals surface area contributed by atoms with Gasteiger partial charge in [0, 0.05) is 0 Å². The fraction of sp³-hybridized carbons (Fsp3) is 0.111. The number of aryl methyl sites for hydroxylation is 1. The molecule has 3 rings (SSSR count). The Kier molecular flexibility index (Phi) is 2.85. The first-order chi connectivity index (χ1) is 8.83. The summed E-state index contributed by atoms with van der Waals surface area (Å²) in [6.45, 7) is 2.12. The van der Waals surface area contributed by atoms with Gasteiger partial charge >= 0.3 is 0 Å². The minimum Gasteiger partial charge on any atom is -0.0722 e. The molecule has 0 N–H and O–H groups in total. The highest BCUT2D eigenvalue weighted by atomic mass is 14.1. The SMILES string of the molecule is Cc1ccc(C2=CCC(c3ccccc3)=C2)cc1. The van der Waals surface area contributed by atoms with Gasteiger partial charge in [0.1, 0.15) is 0 Å². The van der Waals surface area contributed by atoms with Gasteiger partial charge in [0.05, 0.1) is 0 Å². The second kappa shape index (κ2) is 4.66. The zero-order chi connectivity index (χ0) is 12.4. The highest BCUT2D eigenvalue weighted by Gasteiger charge is 2.09. The molecular weight excluding hydrogens is 216 g/mol. The molecule has 18 heavy (non-hydrogen) atoms. The maximum atomic E-state index is 2.31. The molecule has 2 aromatic rings. The lowest BCUT2D eigenvalue weighted by atomic mass is 10.0. The number of hydrogen-bond donors (Lipinski definition) is 0. The van der Waals surface area contributed by atoms with Gasteiger partial charge in [-0.25, -0.2) is 0 Å². The molecule has 1 aliphatic carbocycles. The minimum atomic E-state index is 1.03. The Bertz CT molecular complexity index is 598. The van der Waals surface area contributed by atoms with Crippen LogP contribution in [0.4, 0.5) is 0 Å². The molecule has 2 aromatic carbocycles. The van der Waals surface area contributed by atoms with Crippen LogP contribution in [0.1, 0.15) is 23.1 Å². The molecule has 0 amide bonds. The molecule has 0 saturated carbocycles. The molecule has 0 bridgehead atoms. The van der Waals surface area contributed by atoms with E-state index in [1.165, 1.54) is 27.8 Å². The van der Waals surface area contributed by atoms with E-state index in [0.29, 0.717) is 0 Å². The first kappa shape index (κ1) is 11.0. The Morgan fingerprint density at radius 1 is 0.778 bits per heavy atom. The number of hydrogen-bond acceptors (Lipinski definition) is 0. The standard InChI is InChI=1S/C18H16/c1-14-7-9-16(10-8-14)18-12-11-17(13-18)15-5-3-2-4-6-15/h2-10,12-13H,11H2,1H3. The van der Waals surface area contributed by atoms with Gasteiger partial charge in [0.2, 0.25) is 0 Å². The van der Waals surface area contributed by atoms with Crippen molar-refractivity contribution in [2.75, 3.05) is 0 Å². The lowest BCUT2D eigenvalue weighted by Crippen LogP contribution is -1.80. The van der Waals surface area contributed by atoms with E-state index in [1.807, 2.05) is 0 Å². The molecule has 0 radical (unpaired) electrons. The Morgan fingerprint density at radius 2 is 1.50 bits per heavy atom. The molecule has 0 nitrogen and oxygen atoms in total. The second-order valence-electron chi connectivity index (χ2n) is 4.77. The Balaban J connectivity index is 1.89. The van der Waals surface area contributed by atoms with Gasteiger partial charge in [-0.2, -0.15) is 0 Å². The summed E-state index contributed by atoms with van der Waals surface area (Å²) in [5, 5.41) is 0. The van der Waals surface area contributed by atoms with Crippen LogP contribution in [0, 0.1) is 6.92 Å². The molecule has 1 aliphatic rings. The zero-order valence-corrected chi connectivity index (χ0v) is 10.6. The molecule has 0 unspecified atom stereocenters. The summed E-state index contributed by atoms with van der Waals surface area (Å²) in [7, 11) is 0. The topological polar surface area (TPSA) is 0 Å². The predicted octanol–water partition coefficient (Wildman–Crippen LogP) is 4.87. The monoisotopic (exact) mass is 232 g/mol. The molecule has 0 atom stereocenters. The van der Waals surface area contributed by atoms with Crippen LogP contribution in [0.15, 0.2) is 66.7 Å². The molecule has 0 aromatic heterocycles.